The number of allylic oxidation sites excluding steroid dienone is 2. The number of hydrogen-bond acceptors (Lipinski definition) is 4. The summed E-state index contributed by atoms with van der Waals surface area (Å²) in [5.41, 5.74) is 5.39. The molecule has 0 saturated carbocycles. The Morgan fingerprint density at radius 3 is 2.87 bits per heavy atom. The minimum Gasteiger partial charge on any atom is -0.445 e. The number of ketones is 1. The fraction of sp³-hybridized carbons (Fsp3) is 0.360. The van der Waals surface area contributed by atoms with Crippen LogP contribution in [0.25, 0.3) is 34.0 Å². The fourth-order valence-electron chi connectivity index (χ4n) is 3.99. The molecular weight excluding hydrogens is 374 g/mol. The number of nitrogens with zero attached hydrogens (tertiary/aromatic N) is 3. The predicted octanol–water partition coefficient (Wildman–Crippen LogP) is 5.42. The van der Waals surface area contributed by atoms with Gasteiger partial charge in [-0.1, -0.05) is 12.7 Å². The number of fused-ring (bicyclic) bond motifs is 3. The monoisotopic (exact) mass is 403 g/mol. The van der Waals surface area contributed by atoms with Gasteiger partial charge in [0.25, 0.3) is 0 Å². The van der Waals surface area contributed by atoms with Gasteiger partial charge in [-0.2, -0.15) is 0 Å². The highest BCUT2D eigenvalue weighted by atomic mass is 16.3. The molecule has 2 aromatic heterocycles. The number of likely N-dealkylation sites (N-methyl/N-ethyl adjacent to an activating group) is 1. The molecule has 0 aliphatic heterocycles. The highest BCUT2D eigenvalue weighted by Crippen LogP contribution is 2.37. The second-order valence-corrected chi connectivity index (χ2v) is 8.30. The summed E-state index contributed by atoms with van der Waals surface area (Å²) >= 11 is 0. The van der Waals surface area contributed by atoms with Crippen LogP contribution >= 0.6 is 0 Å². The van der Waals surface area contributed by atoms with Crippen molar-refractivity contribution < 1.29 is 9.21 Å². The van der Waals surface area contributed by atoms with Crippen molar-refractivity contribution in [2.45, 2.75) is 45.7 Å². The Morgan fingerprint density at radius 2 is 2.13 bits per heavy atom. The van der Waals surface area contributed by atoms with Gasteiger partial charge in [-0.3, -0.25) is 4.79 Å². The van der Waals surface area contributed by atoms with Crippen molar-refractivity contribution in [2.24, 2.45) is 0 Å². The van der Waals surface area contributed by atoms with E-state index in [1.54, 1.807) is 12.5 Å². The number of Topliss-reactive ketones (excluding diaryl/α,β-unsaturated/α-hetero) is 1. The van der Waals surface area contributed by atoms with Crippen LogP contribution in [-0.2, 0) is 11.3 Å². The predicted molar refractivity (Wildman–Crippen MR) is 122 cm³/mol. The molecule has 2 heterocycles. The zero-order chi connectivity index (χ0) is 21.3. The fourth-order valence-corrected chi connectivity index (χ4v) is 3.99. The van der Waals surface area contributed by atoms with Crippen molar-refractivity contribution in [1.82, 2.24) is 14.5 Å². The van der Waals surface area contributed by atoms with Crippen LogP contribution in [0.5, 0.6) is 0 Å². The molecule has 0 N–H and O–H groups in total. The molecule has 30 heavy (non-hydrogen) atoms. The van der Waals surface area contributed by atoms with E-state index in [-0.39, 0.29) is 5.78 Å². The van der Waals surface area contributed by atoms with Crippen LogP contribution in [-0.4, -0.2) is 39.9 Å². The first kappa shape index (κ1) is 20.4. The number of aromatic nitrogens is 2. The highest BCUT2D eigenvalue weighted by Gasteiger charge is 2.21. The van der Waals surface area contributed by atoms with E-state index in [4.69, 9.17) is 4.42 Å². The molecule has 0 fully saturated rings. The zero-order valence-corrected chi connectivity index (χ0v) is 18.0. The second-order valence-electron chi connectivity index (χ2n) is 8.30. The Balaban J connectivity index is 1.88. The lowest BCUT2D eigenvalue weighted by molar-refractivity contribution is -0.118. The first-order valence-electron chi connectivity index (χ1n) is 10.6. The van der Waals surface area contributed by atoms with Gasteiger partial charge in [0.05, 0.1) is 6.20 Å². The van der Waals surface area contributed by atoms with Gasteiger partial charge in [-0.15, -0.1) is 0 Å². The molecule has 0 bridgehead atoms. The summed E-state index contributed by atoms with van der Waals surface area (Å²) in [5.74, 6) is 0.866. The quantitative estimate of drug-likeness (QED) is 0.571. The maximum atomic E-state index is 12.1. The van der Waals surface area contributed by atoms with Gasteiger partial charge in [0.15, 0.2) is 0 Å². The van der Waals surface area contributed by atoms with E-state index in [1.165, 1.54) is 5.52 Å². The molecule has 0 spiro atoms. The van der Waals surface area contributed by atoms with Gasteiger partial charge in [0.1, 0.15) is 12.0 Å². The first-order chi connectivity index (χ1) is 14.5. The summed E-state index contributed by atoms with van der Waals surface area (Å²) < 4.78 is 7.89. The Bertz CT molecular complexity index is 1100. The number of benzene rings is 1. The van der Waals surface area contributed by atoms with E-state index in [0.717, 1.165) is 40.9 Å². The van der Waals surface area contributed by atoms with Crippen molar-refractivity contribution in [3.05, 3.63) is 54.6 Å². The Hall–Kier alpha value is -2.92. The molecule has 5 nitrogen and oxygen atoms in total. The molecular formula is C25H29N3O2. The average Bonchev–Trinajstić information content (AvgIpc) is 3.36. The second kappa shape index (κ2) is 8.44. The minimum atomic E-state index is 0.258. The standard InChI is InChI=1S/C25H29N3O2/c1-17(2)27(4)13-14-28-22-11-9-19(25-26-12-15-30-25)16-21(22)24-18(3)8-10-20(29)6-5-7-23(24)28/h5,7,9,11-12,15-17H,3,6,8,10,13-14H2,1-2,4H3/b7-5-. The summed E-state index contributed by atoms with van der Waals surface area (Å²) in [4.78, 5) is 18.8. The number of hydrogen-bond donors (Lipinski definition) is 0. The minimum absolute atomic E-state index is 0.258. The molecule has 0 atom stereocenters. The van der Waals surface area contributed by atoms with Crippen molar-refractivity contribution >= 4 is 28.3 Å². The molecule has 0 saturated heterocycles. The molecule has 1 aliphatic carbocycles. The number of carbonyl (C=O) groups is 1. The van der Waals surface area contributed by atoms with Gasteiger partial charge < -0.3 is 13.9 Å². The smallest absolute Gasteiger partial charge is 0.225 e. The van der Waals surface area contributed by atoms with E-state index >= 15 is 0 Å². The van der Waals surface area contributed by atoms with Crippen LogP contribution in [0.3, 0.4) is 0 Å². The van der Waals surface area contributed by atoms with Gasteiger partial charge in [0, 0.05) is 59.7 Å². The third kappa shape index (κ3) is 3.90. The van der Waals surface area contributed by atoms with E-state index < -0.39 is 0 Å². The Kier molecular flexibility index (Phi) is 5.73. The van der Waals surface area contributed by atoms with Gasteiger partial charge in [-0.05, 0) is 57.2 Å². The summed E-state index contributed by atoms with van der Waals surface area (Å²) in [5, 5.41) is 1.14. The molecule has 1 aliphatic rings. The lowest BCUT2D eigenvalue weighted by atomic mass is 9.98. The van der Waals surface area contributed by atoms with Crippen molar-refractivity contribution in [1.29, 1.82) is 0 Å². The molecule has 3 aromatic rings. The molecule has 4 rings (SSSR count). The molecule has 0 amide bonds. The largest absolute Gasteiger partial charge is 0.445 e. The average molecular weight is 404 g/mol. The SMILES string of the molecule is C=C1CCC(=O)C/C=C\c2c1c1cc(-c3ncco3)ccc1n2CCN(C)C(C)C. The van der Waals surface area contributed by atoms with E-state index in [0.29, 0.717) is 31.2 Å². The summed E-state index contributed by atoms with van der Waals surface area (Å²) in [6.45, 7) is 10.6. The third-order valence-corrected chi connectivity index (χ3v) is 6.02. The van der Waals surface area contributed by atoms with Crippen LogP contribution in [0, 0.1) is 0 Å². The molecule has 0 radical (unpaired) electrons. The van der Waals surface area contributed by atoms with Gasteiger partial charge in [0.2, 0.25) is 5.89 Å². The molecule has 0 unspecified atom stereocenters. The van der Waals surface area contributed by atoms with Gasteiger partial charge in [-0.25, -0.2) is 4.98 Å². The van der Waals surface area contributed by atoms with Crippen molar-refractivity contribution in [3.8, 4) is 11.5 Å². The lowest BCUT2D eigenvalue weighted by Crippen LogP contribution is -2.29. The summed E-state index contributed by atoms with van der Waals surface area (Å²) in [6.07, 6.45) is 9.04. The van der Waals surface area contributed by atoms with Crippen LogP contribution < -0.4 is 0 Å². The number of rotatable bonds is 5. The number of oxazole rings is 1. The molecule has 1 aromatic carbocycles. The topological polar surface area (TPSA) is 51.3 Å². The summed E-state index contributed by atoms with van der Waals surface area (Å²) in [6, 6.07) is 6.83. The maximum Gasteiger partial charge on any atom is 0.225 e. The first-order valence-corrected chi connectivity index (χ1v) is 10.6. The highest BCUT2D eigenvalue weighted by molar-refractivity contribution is 6.00. The normalized spacial score (nSPS) is 16.0. The lowest BCUT2D eigenvalue weighted by Gasteiger charge is -2.22. The number of carbonyl (C=O) groups excluding carboxylic acids is 1. The summed E-state index contributed by atoms with van der Waals surface area (Å²) in [7, 11) is 2.15. The van der Waals surface area contributed by atoms with E-state index in [2.05, 4.69) is 66.2 Å². The molecule has 156 valence electrons. The van der Waals surface area contributed by atoms with Crippen molar-refractivity contribution in [3.63, 3.8) is 0 Å². The Labute approximate surface area is 177 Å². The van der Waals surface area contributed by atoms with Crippen LogP contribution in [0.2, 0.25) is 0 Å². The third-order valence-electron chi connectivity index (χ3n) is 6.02. The van der Waals surface area contributed by atoms with Crippen LogP contribution in [0.1, 0.15) is 44.4 Å². The van der Waals surface area contributed by atoms with Gasteiger partial charge >= 0.3 is 0 Å². The Morgan fingerprint density at radius 1 is 1.30 bits per heavy atom. The van der Waals surface area contributed by atoms with Crippen molar-refractivity contribution in [2.75, 3.05) is 13.6 Å². The van der Waals surface area contributed by atoms with E-state index in [9.17, 15) is 4.79 Å². The van der Waals surface area contributed by atoms with E-state index in [1.807, 2.05) is 6.08 Å². The molecule has 5 heteroatoms. The van der Waals surface area contributed by atoms with Crippen LogP contribution in [0.4, 0.5) is 0 Å². The maximum absolute atomic E-state index is 12.1. The van der Waals surface area contributed by atoms with Crippen LogP contribution in [0.15, 0.2) is 47.7 Å². The zero-order valence-electron chi connectivity index (χ0n) is 18.0.